The first-order valence-electron chi connectivity index (χ1n) is 29.1. The lowest BCUT2D eigenvalue weighted by molar-refractivity contribution is -0.167. The van der Waals surface area contributed by atoms with E-state index in [9.17, 15) is 14.4 Å². The Kier molecular flexibility index (Phi) is 54.3. The number of esters is 3. The number of carbonyl (C=O) groups is 3. The molecule has 0 radical (unpaired) electrons. The van der Waals surface area contributed by atoms with E-state index < -0.39 is 6.10 Å². The Morgan fingerprint density at radius 2 is 0.565 bits per heavy atom. The van der Waals surface area contributed by atoms with Crippen LogP contribution in [0.4, 0.5) is 0 Å². The molecule has 0 aliphatic carbocycles. The third-order valence-corrected chi connectivity index (χ3v) is 12.4. The molecule has 0 spiro atoms. The second kappa shape index (κ2) is 57.2. The van der Waals surface area contributed by atoms with E-state index in [1.54, 1.807) is 0 Å². The lowest BCUT2D eigenvalue weighted by Crippen LogP contribution is -2.30. The molecular weight excluding hydrogens is 853 g/mol. The zero-order valence-corrected chi connectivity index (χ0v) is 45.3. The predicted molar refractivity (Wildman–Crippen MR) is 297 cm³/mol. The maximum Gasteiger partial charge on any atom is 0.306 e. The highest BCUT2D eigenvalue weighted by atomic mass is 16.6. The highest BCUT2D eigenvalue weighted by molar-refractivity contribution is 5.71. The molecule has 0 aromatic heterocycles. The summed E-state index contributed by atoms with van der Waals surface area (Å²) < 4.78 is 16.8. The van der Waals surface area contributed by atoms with Gasteiger partial charge in [0.2, 0.25) is 0 Å². The van der Waals surface area contributed by atoms with E-state index in [0.717, 1.165) is 116 Å². The fourth-order valence-electron chi connectivity index (χ4n) is 7.99. The zero-order chi connectivity index (χ0) is 50.0. The van der Waals surface area contributed by atoms with Crippen molar-refractivity contribution in [2.45, 2.75) is 284 Å². The molecule has 1 unspecified atom stereocenters. The number of rotatable bonds is 52. The van der Waals surface area contributed by atoms with Crippen molar-refractivity contribution < 1.29 is 28.6 Å². The van der Waals surface area contributed by atoms with Gasteiger partial charge in [0.05, 0.1) is 0 Å². The van der Waals surface area contributed by atoms with E-state index >= 15 is 0 Å². The van der Waals surface area contributed by atoms with E-state index in [2.05, 4.69) is 106 Å². The van der Waals surface area contributed by atoms with Gasteiger partial charge in [-0.05, 0) is 116 Å². The van der Waals surface area contributed by atoms with Gasteiger partial charge in [0, 0.05) is 19.3 Å². The summed E-state index contributed by atoms with van der Waals surface area (Å²) in [7, 11) is 0. The Morgan fingerprint density at radius 3 is 0.899 bits per heavy atom. The Balaban J connectivity index is 4.31. The minimum atomic E-state index is -0.786. The number of carbonyl (C=O) groups excluding carboxylic acids is 3. The maximum atomic E-state index is 12.8. The second-order valence-corrected chi connectivity index (χ2v) is 19.2. The average molecular weight is 962 g/mol. The molecule has 6 heteroatoms. The van der Waals surface area contributed by atoms with Crippen LogP contribution in [0.15, 0.2) is 85.1 Å². The second-order valence-electron chi connectivity index (χ2n) is 19.2. The number of allylic oxidation sites excluding steroid dienone is 14. The molecule has 396 valence electrons. The normalized spacial score (nSPS) is 12.7. The molecule has 0 aliphatic rings. The zero-order valence-electron chi connectivity index (χ0n) is 45.3. The van der Waals surface area contributed by atoms with Crippen molar-refractivity contribution in [3.05, 3.63) is 85.1 Å². The summed E-state index contributed by atoms with van der Waals surface area (Å²) in [6, 6.07) is 0. The summed E-state index contributed by atoms with van der Waals surface area (Å²) in [5.41, 5.74) is 0. The molecule has 0 heterocycles. The summed E-state index contributed by atoms with van der Waals surface area (Å²) >= 11 is 0. The molecule has 0 amide bonds. The molecule has 0 rings (SSSR count). The van der Waals surface area contributed by atoms with E-state index in [0.29, 0.717) is 19.3 Å². The Bertz CT molecular complexity index is 1330. The molecule has 6 nitrogen and oxygen atoms in total. The summed E-state index contributed by atoms with van der Waals surface area (Å²) in [6.45, 7) is 6.49. The highest BCUT2D eigenvalue weighted by Gasteiger charge is 2.19. The van der Waals surface area contributed by atoms with Gasteiger partial charge in [-0.15, -0.1) is 0 Å². The van der Waals surface area contributed by atoms with Gasteiger partial charge in [-0.2, -0.15) is 0 Å². The Labute approximate surface area is 426 Å². The molecular formula is C63H108O6. The summed E-state index contributed by atoms with van der Waals surface area (Å²) in [5, 5.41) is 0. The van der Waals surface area contributed by atoms with Crippen LogP contribution >= 0.6 is 0 Å². The average Bonchev–Trinajstić information content (AvgIpc) is 3.35. The van der Waals surface area contributed by atoms with Gasteiger partial charge < -0.3 is 14.2 Å². The number of unbranched alkanes of at least 4 members (excludes halogenated alkanes) is 27. The molecule has 0 aromatic carbocycles. The predicted octanol–water partition coefficient (Wildman–Crippen LogP) is 19.5. The van der Waals surface area contributed by atoms with Crippen molar-refractivity contribution >= 4 is 17.9 Å². The molecule has 0 N–H and O–H groups in total. The third-order valence-electron chi connectivity index (χ3n) is 12.4. The lowest BCUT2D eigenvalue weighted by Gasteiger charge is -2.18. The van der Waals surface area contributed by atoms with E-state index in [4.69, 9.17) is 14.2 Å². The fourth-order valence-corrected chi connectivity index (χ4v) is 7.99. The van der Waals surface area contributed by atoms with Crippen LogP contribution in [0.5, 0.6) is 0 Å². The van der Waals surface area contributed by atoms with Crippen molar-refractivity contribution in [1.82, 2.24) is 0 Å². The van der Waals surface area contributed by atoms with Gasteiger partial charge >= 0.3 is 17.9 Å². The number of hydrogen-bond donors (Lipinski definition) is 0. The van der Waals surface area contributed by atoms with E-state index in [-0.39, 0.29) is 31.1 Å². The quantitative estimate of drug-likeness (QED) is 0.0262. The van der Waals surface area contributed by atoms with Crippen LogP contribution in [-0.4, -0.2) is 37.2 Å². The van der Waals surface area contributed by atoms with Gasteiger partial charge in [-0.3, -0.25) is 14.4 Å². The van der Waals surface area contributed by atoms with Gasteiger partial charge in [0.25, 0.3) is 0 Å². The van der Waals surface area contributed by atoms with E-state index in [1.807, 2.05) is 0 Å². The molecule has 0 fully saturated rings. The van der Waals surface area contributed by atoms with Crippen LogP contribution in [0.3, 0.4) is 0 Å². The minimum Gasteiger partial charge on any atom is -0.462 e. The smallest absolute Gasteiger partial charge is 0.306 e. The molecule has 0 bridgehead atoms. The van der Waals surface area contributed by atoms with Gasteiger partial charge in [0.15, 0.2) is 6.10 Å². The Morgan fingerprint density at radius 1 is 0.304 bits per heavy atom. The molecule has 0 aliphatic heterocycles. The lowest BCUT2D eigenvalue weighted by atomic mass is 10.1. The Hall–Kier alpha value is -3.41. The van der Waals surface area contributed by atoms with Gasteiger partial charge in [0.1, 0.15) is 13.2 Å². The molecule has 1 atom stereocenters. The first-order valence-corrected chi connectivity index (χ1v) is 29.1. The van der Waals surface area contributed by atoms with Crippen LogP contribution < -0.4 is 0 Å². The molecule has 0 saturated heterocycles. The van der Waals surface area contributed by atoms with Crippen LogP contribution in [0, 0.1) is 0 Å². The fraction of sp³-hybridized carbons (Fsp3) is 0.730. The largest absolute Gasteiger partial charge is 0.462 e. The molecule has 0 aromatic rings. The minimum absolute atomic E-state index is 0.0851. The first kappa shape index (κ1) is 65.6. The molecule has 69 heavy (non-hydrogen) atoms. The van der Waals surface area contributed by atoms with Crippen LogP contribution in [0.2, 0.25) is 0 Å². The monoisotopic (exact) mass is 961 g/mol. The van der Waals surface area contributed by atoms with E-state index in [1.165, 1.54) is 122 Å². The summed E-state index contributed by atoms with van der Waals surface area (Å²) in [4.78, 5) is 38.1. The van der Waals surface area contributed by atoms with Crippen molar-refractivity contribution in [2.75, 3.05) is 13.2 Å². The number of hydrogen-bond acceptors (Lipinski definition) is 6. The first-order chi connectivity index (χ1) is 34.0. The standard InChI is InChI=1S/C63H108O6/c1-4-7-10-13-16-19-22-25-26-27-28-29-30-31-32-33-34-35-36-39-41-44-47-50-53-56-62(65)68-59-60(69-63(66)57-54-51-48-45-42-38-24-21-18-15-12-9-6-3)58-67-61(64)55-52-49-46-43-40-37-23-20-17-14-11-8-5-2/h7,10,16,19-21,23-26,28-29,31-32,60H,4-6,8-9,11-15,17-18,22,27,30,33-59H2,1-3H3/b10-7-,19-16-,23-20-,24-21-,26-25-,29-28-,32-31-. The van der Waals surface area contributed by atoms with Crippen molar-refractivity contribution in [2.24, 2.45) is 0 Å². The van der Waals surface area contributed by atoms with Crippen LogP contribution in [0.25, 0.3) is 0 Å². The van der Waals surface area contributed by atoms with Crippen LogP contribution in [0.1, 0.15) is 278 Å². The third kappa shape index (κ3) is 55.4. The molecule has 0 saturated carbocycles. The van der Waals surface area contributed by atoms with Crippen molar-refractivity contribution in [3.63, 3.8) is 0 Å². The summed E-state index contributed by atoms with van der Waals surface area (Å²) in [5.74, 6) is -0.903. The van der Waals surface area contributed by atoms with Crippen LogP contribution in [-0.2, 0) is 28.6 Å². The van der Waals surface area contributed by atoms with Crippen molar-refractivity contribution in [3.8, 4) is 0 Å². The van der Waals surface area contributed by atoms with Gasteiger partial charge in [-0.1, -0.05) is 228 Å². The topological polar surface area (TPSA) is 78.9 Å². The van der Waals surface area contributed by atoms with Gasteiger partial charge in [-0.25, -0.2) is 0 Å². The summed E-state index contributed by atoms with van der Waals surface area (Å²) in [6.07, 6.45) is 74.3. The van der Waals surface area contributed by atoms with Crippen molar-refractivity contribution in [1.29, 1.82) is 0 Å². The maximum absolute atomic E-state index is 12.8. The SMILES string of the molecule is CC/C=C\C/C=C\C/C=C\C/C=C\C/C=C\CCCCCCCCCCCC(=O)OCC(COC(=O)CCCCCCC/C=C\CCCCCC)OC(=O)CCCCCCC/C=C\CCCCCC. The number of ether oxygens (including phenoxy) is 3. The highest BCUT2D eigenvalue weighted by Crippen LogP contribution is 2.15.